The summed E-state index contributed by atoms with van der Waals surface area (Å²) in [6.45, 7) is 15.1. The molecule has 6 nitrogen and oxygen atoms in total. The molecule has 7 heteroatoms. The Labute approximate surface area is 185 Å². The predicted octanol–water partition coefficient (Wildman–Crippen LogP) is 2.21. The van der Waals surface area contributed by atoms with Crippen LogP contribution >= 0.6 is 11.3 Å². The van der Waals surface area contributed by atoms with Crippen LogP contribution in [0.25, 0.3) is 0 Å². The average Bonchev–Trinajstić information content (AvgIpc) is 3.22. The number of hydrogen-bond donors (Lipinski definition) is 0. The number of carbonyl (C=O) groups excluding carboxylic acids is 1. The smallest absolute Gasteiger partial charge is 0.236 e. The molecule has 2 unspecified atom stereocenters. The Hall–Kier alpha value is -0.990. The topological polar surface area (TPSA) is 39.3 Å². The number of ether oxygens (including phenoxy) is 1. The van der Waals surface area contributed by atoms with Crippen LogP contribution in [0.5, 0.6) is 0 Å². The Bertz CT molecular complexity index is 644. The van der Waals surface area contributed by atoms with E-state index in [4.69, 9.17) is 4.74 Å². The van der Waals surface area contributed by atoms with Crippen molar-refractivity contribution in [3.8, 4) is 0 Å². The van der Waals surface area contributed by atoms with Crippen LogP contribution in [0.3, 0.4) is 0 Å². The molecule has 3 aliphatic rings. The second-order valence-electron chi connectivity index (χ2n) is 9.48. The lowest BCUT2D eigenvalue weighted by Crippen LogP contribution is -2.52. The minimum Gasteiger partial charge on any atom is -0.373 e. The zero-order chi connectivity index (χ0) is 20.9. The van der Waals surface area contributed by atoms with E-state index < -0.39 is 0 Å². The van der Waals surface area contributed by atoms with Crippen molar-refractivity contribution in [1.82, 2.24) is 19.6 Å². The number of hydrogen-bond acceptors (Lipinski definition) is 6. The van der Waals surface area contributed by atoms with Crippen molar-refractivity contribution in [1.29, 1.82) is 0 Å². The first-order valence-corrected chi connectivity index (χ1v) is 12.6. The highest BCUT2D eigenvalue weighted by atomic mass is 32.1. The van der Waals surface area contributed by atoms with E-state index >= 15 is 0 Å². The number of rotatable bonds is 6. The quantitative estimate of drug-likeness (QED) is 0.687. The van der Waals surface area contributed by atoms with Crippen molar-refractivity contribution in [3.63, 3.8) is 0 Å². The lowest BCUT2D eigenvalue weighted by atomic mass is 9.95. The van der Waals surface area contributed by atoms with Gasteiger partial charge in [-0.2, -0.15) is 11.3 Å². The molecular weight excluding hydrogens is 396 g/mol. The van der Waals surface area contributed by atoms with Gasteiger partial charge in [0, 0.05) is 52.4 Å². The van der Waals surface area contributed by atoms with Crippen molar-refractivity contribution >= 4 is 17.2 Å². The van der Waals surface area contributed by atoms with Crippen LogP contribution in [-0.2, 0) is 16.1 Å². The lowest BCUT2D eigenvalue weighted by Gasteiger charge is -2.40. The molecule has 3 saturated heterocycles. The van der Waals surface area contributed by atoms with Crippen molar-refractivity contribution in [2.24, 2.45) is 5.92 Å². The van der Waals surface area contributed by atoms with Gasteiger partial charge in [0.15, 0.2) is 0 Å². The monoisotopic (exact) mass is 434 g/mol. The summed E-state index contributed by atoms with van der Waals surface area (Å²) in [5.74, 6) is 1.08. The maximum absolute atomic E-state index is 12.8. The van der Waals surface area contributed by atoms with E-state index in [2.05, 4.69) is 50.3 Å². The van der Waals surface area contributed by atoms with Gasteiger partial charge in [-0.05, 0) is 68.1 Å². The zero-order valence-corrected chi connectivity index (χ0v) is 19.5. The van der Waals surface area contributed by atoms with Crippen LogP contribution in [0.2, 0.25) is 0 Å². The first-order chi connectivity index (χ1) is 14.5. The summed E-state index contributed by atoms with van der Waals surface area (Å²) in [6, 6.07) is 2.20. The SMILES string of the molecule is CC1CN(CC2CCN(CC(=O)N3CCN(Cc4ccsc4)CC3)CC2)CC(C)O1. The van der Waals surface area contributed by atoms with E-state index in [9.17, 15) is 4.79 Å². The molecule has 1 aromatic heterocycles. The number of thiophene rings is 1. The van der Waals surface area contributed by atoms with Crippen LogP contribution in [0, 0.1) is 5.92 Å². The molecule has 0 radical (unpaired) electrons. The number of nitrogens with zero attached hydrogens (tertiary/aromatic N) is 4. The first kappa shape index (κ1) is 22.2. The maximum atomic E-state index is 12.8. The van der Waals surface area contributed by atoms with E-state index in [1.54, 1.807) is 11.3 Å². The van der Waals surface area contributed by atoms with E-state index in [0.29, 0.717) is 24.7 Å². The molecule has 4 rings (SSSR count). The summed E-state index contributed by atoms with van der Waals surface area (Å²) in [5.41, 5.74) is 1.39. The summed E-state index contributed by atoms with van der Waals surface area (Å²) < 4.78 is 5.86. The van der Waals surface area contributed by atoms with Crippen LogP contribution < -0.4 is 0 Å². The number of amides is 1. The van der Waals surface area contributed by atoms with Gasteiger partial charge in [-0.15, -0.1) is 0 Å². The van der Waals surface area contributed by atoms with Gasteiger partial charge in [0.25, 0.3) is 0 Å². The molecule has 0 aromatic carbocycles. The lowest BCUT2D eigenvalue weighted by molar-refractivity contribution is -0.134. The van der Waals surface area contributed by atoms with Gasteiger partial charge < -0.3 is 9.64 Å². The molecule has 3 aliphatic heterocycles. The van der Waals surface area contributed by atoms with Gasteiger partial charge >= 0.3 is 0 Å². The molecule has 30 heavy (non-hydrogen) atoms. The standard InChI is InChI=1S/C23H38N4O2S/c1-19-13-26(14-20(2)29-19)15-21-3-6-24(7-4-21)17-23(28)27-10-8-25(9-11-27)16-22-5-12-30-18-22/h5,12,18-21H,3-4,6-11,13-17H2,1-2H3. The van der Waals surface area contributed by atoms with E-state index in [1.807, 2.05) is 0 Å². The van der Waals surface area contributed by atoms with Gasteiger partial charge in [-0.3, -0.25) is 19.5 Å². The summed E-state index contributed by atoms with van der Waals surface area (Å²) in [6.07, 6.45) is 3.11. The van der Waals surface area contributed by atoms with Crippen molar-refractivity contribution in [2.45, 2.75) is 45.4 Å². The fraction of sp³-hybridized carbons (Fsp3) is 0.783. The Kier molecular flexibility index (Phi) is 7.81. The third-order valence-electron chi connectivity index (χ3n) is 6.79. The first-order valence-electron chi connectivity index (χ1n) is 11.7. The van der Waals surface area contributed by atoms with Gasteiger partial charge in [-0.25, -0.2) is 0 Å². The zero-order valence-electron chi connectivity index (χ0n) is 18.7. The van der Waals surface area contributed by atoms with Crippen LogP contribution in [0.15, 0.2) is 16.8 Å². The Morgan fingerprint density at radius 1 is 1.00 bits per heavy atom. The summed E-state index contributed by atoms with van der Waals surface area (Å²) in [7, 11) is 0. The van der Waals surface area contributed by atoms with E-state index in [0.717, 1.165) is 64.8 Å². The van der Waals surface area contributed by atoms with Gasteiger partial charge in [0.1, 0.15) is 0 Å². The number of piperidine rings is 1. The van der Waals surface area contributed by atoms with Crippen molar-refractivity contribution < 1.29 is 9.53 Å². The average molecular weight is 435 g/mol. The molecule has 1 aromatic rings. The van der Waals surface area contributed by atoms with E-state index in [1.165, 1.54) is 24.9 Å². The second kappa shape index (κ2) is 10.6. The molecule has 0 spiro atoms. The highest BCUT2D eigenvalue weighted by molar-refractivity contribution is 7.07. The minimum absolute atomic E-state index is 0.319. The normalized spacial score (nSPS) is 28.1. The van der Waals surface area contributed by atoms with Crippen LogP contribution in [0.1, 0.15) is 32.3 Å². The Morgan fingerprint density at radius 2 is 1.70 bits per heavy atom. The summed E-state index contributed by atoms with van der Waals surface area (Å²) in [5, 5.41) is 4.36. The van der Waals surface area contributed by atoms with Crippen LogP contribution in [0.4, 0.5) is 0 Å². The summed E-state index contributed by atoms with van der Waals surface area (Å²) >= 11 is 1.76. The third kappa shape index (κ3) is 6.26. The fourth-order valence-electron chi connectivity index (χ4n) is 5.21. The molecule has 4 heterocycles. The predicted molar refractivity (Wildman–Crippen MR) is 122 cm³/mol. The number of likely N-dealkylation sites (tertiary alicyclic amines) is 1. The molecule has 1 amide bonds. The van der Waals surface area contributed by atoms with Gasteiger partial charge in [0.05, 0.1) is 18.8 Å². The Morgan fingerprint density at radius 3 is 2.33 bits per heavy atom. The molecule has 168 valence electrons. The largest absolute Gasteiger partial charge is 0.373 e. The molecule has 0 aliphatic carbocycles. The minimum atomic E-state index is 0.319. The van der Waals surface area contributed by atoms with E-state index in [-0.39, 0.29) is 0 Å². The molecule has 0 N–H and O–H groups in total. The second-order valence-corrected chi connectivity index (χ2v) is 10.3. The number of carbonyl (C=O) groups is 1. The van der Waals surface area contributed by atoms with Crippen molar-refractivity contribution in [3.05, 3.63) is 22.4 Å². The molecular formula is C23H38N4O2S. The van der Waals surface area contributed by atoms with Crippen LogP contribution in [-0.4, -0.2) is 103 Å². The van der Waals surface area contributed by atoms with Crippen molar-refractivity contribution in [2.75, 3.05) is 65.4 Å². The molecule has 2 atom stereocenters. The highest BCUT2D eigenvalue weighted by Gasteiger charge is 2.28. The van der Waals surface area contributed by atoms with Gasteiger partial charge in [0.2, 0.25) is 5.91 Å². The Balaban J connectivity index is 1.13. The summed E-state index contributed by atoms with van der Waals surface area (Å²) in [4.78, 5) is 22.3. The highest BCUT2D eigenvalue weighted by Crippen LogP contribution is 2.21. The fourth-order valence-corrected chi connectivity index (χ4v) is 5.87. The van der Waals surface area contributed by atoms with Gasteiger partial charge in [-0.1, -0.05) is 0 Å². The molecule has 0 saturated carbocycles. The molecule has 0 bridgehead atoms. The molecule has 3 fully saturated rings. The number of piperazine rings is 1. The maximum Gasteiger partial charge on any atom is 0.236 e. The number of morpholine rings is 1. The third-order valence-corrected chi connectivity index (χ3v) is 7.52.